The van der Waals surface area contributed by atoms with Gasteiger partial charge in [-0.3, -0.25) is 9.69 Å². The van der Waals surface area contributed by atoms with Gasteiger partial charge in [-0.2, -0.15) is 0 Å². The van der Waals surface area contributed by atoms with Crippen molar-refractivity contribution in [1.29, 1.82) is 0 Å². The minimum absolute atomic E-state index is 0.262. The topological polar surface area (TPSA) is 77.1 Å². The van der Waals surface area contributed by atoms with E-state index in [4.69, 9.17) is 9.47 Å². The highest BCUT2D eigenvalue weighted by molar-refractivity contribution is 6.04. The molecule has 0 saturated heterocycles. The molecular formula is C22H28N2O5. The van der Waals surface area contributed by atoms with Crippen molar-refractivity contribution in [3.8, 4) is 11.5 Å². The van der Waals surface area contributed by atoms with Crippen LogP contribution < -0.4 is 19.7 Å². The van der Waals surface area contributed by atoms with Gasteiger partial charge >= 0.3 is 6.09 Å². The van der Waals surface area contributed by atoms with Gasteiger partial charge in [-0.05, 0) is 55.3 Å². The number of carbonyl (C=O) groups excluding carboxylic acids is 2. The molecule has 0 saturated carbocycles. The minimum atomic E-state index is -0.466. The van der Waals surface area contributed by atoms with Gasteiger partial charge in [0.15, 0.2) is 11.5 Å². The third kappa shape index (κ3) is 6.14. The van der Waals surface area contributed by atoms with Crippen LogP contribution in [0, 0.1) is 0 Å². The van der Waals surface area contributed by atoms with E-state index >= 15 is 0 Å². The van der Waals surface area contributed by atoms with Gasteiger partial charge in [0.1, 0.15) is 0 Å². The Morgan fingerprint density at radius 1 is 0.931 bits per heavy atom. The Morgan fingerprint density at radius 3 is 2.14 bits per heavy atom. The molecule has 0 unspecified atom stereocenters. The molecule has 0 aromatic heterocycles. The summed E-state index contributed by atoms with van der Waals surface area (Å²) in [7, 11) is 2.93. The summed E-state index contributed by atoms with van der Waals surface area (Å²) in [6.07, 6.45) is 1.28. The van der Waals surface area contributed by atoms with Gasteiger partial charge in [0.25, 0.3) is 5.91 Å². The van der Waals surface area contributed by atoms with Crippen molar-refractivity contribution in [2.24, 2.45) is 0 Å². The Labute approximate surface area is 171 Å². The largest absolute Gasteiger partial charge is 0.490 e. The summed E-state index contributed by atoms with van der Waals surface area (Å²) in [6.45, 7) is 5.18. The van der Waals surface area contributed by atoms with Crippen LogP contribution in [0.1, 0.15) is 37.0 Å². The molecule has 7 heteroatoms. The van der Waals surface area contributed by atoms with Crippen molar-refractivity contribution in [3.05, 3.63) is 48.0 Å². The SMILES string of the molecule is CCCOc1ccc(C(=O)Nc2ccc(N(C)C(=O)OC)cc2)cc1OCCC. The van der Waals surface area contributed by atoms with Crippen molar-refractivity contribution in [3.63, 3.8) is 0 Å². The van der Waals surface area contributed by atoms with E-state index in [1.165, 1.54) is 12.0 Å². The second kappa shape index (κ2) is 10.9. The highest BCUT2D eigenvalue weighted by Crippen LogP contribution is 2.29. The quantitative estimate of drug-likeness (QED) is 0.659. The summed E-state index contributed by atoms with van der Waals surface area (Å²) in [6, 6.07) is 12.0. The lowest BCUT2D eigenvalue weighted by Gasteiger charge is -2.16. The van der Waals surface area contributed by atoms with E-state index < -0.39 is 6.09 Å². The summed E-state index contributed by atoms with van der Waals surface area (Å²) < 4.78 is 16.1. The van der Waals surface area contributed by atoms with E-state index in [0.717, 1.165) is 12.8 Å². The van der Waals surface area contributed by atoms with Gasteiger partial charge in [-0.1, -0.05) is 13.8 Å². The molecule has 0 bridgehead atoms. The average molecular weight is 400 g/mol. The summed E-state index contributed by atoms with van der Waals surface area (Å²) in [5, 5.41) is 2.84. The second-order valence-corrected chi connectivity index (χ2v) is 6.39. The van der Waals surface area contributed by atoms with Gasteiger partial charge < -0.3 is 19.5 Å². The van der Waals surface area contributed by atoms with Crippen molar-refractivity contribution in [2.45, 2.75) is 26.7 Å². The average Bonchev–Trinajstić information content (AvgIpc) is 2.75. The zero-order chi connectivity index (χ0) is 21.2. The molecule has 2 amide bonds. The lowest BCUT2D eigenvalue weighted by atomic mass is 10.1. The number of rotatable bonds is 9. The number of hydrogen-bond donors (Lipinski definition) is 1. The van der Waals surface area contributed by atoms with Gasteiger partial charge in [0, 0.05) is 24.0 Å². The van der Waals surface area contributed by atoms with Crippen LogP contribution in [-0.4, -0.2) is 39.4 Å². The Bertz CT molecular complexity index is 820. The normalized spacial score (nSPS) is 10.2. The third-order valence-corrected chi connectivity index (χ3v) is 4.09. The van der Waals surface area contributed by atoms with E-state index in [1.54, 1.807) is 49.5 Å². The van der Waals surface area contributed by atoms with E-state index in [1.807, 2.05) is 13.8 Å². The fourth-order valence-electron chi connectivity index (χ4n) is 2.52. The second-order valence-electron chi connectivity index (χ2n) is 6.39. The van der Waals surface area contributed by atoms with E-state index in [2.05, 4.69) is 10.1 Å². The molecule has 0 atom stereocenters. The zero-order valence-electron chi connectivity index (χ0n) is 17.4. The van der Waals surface area contributed by atoms with E-state index in [9.17, 15) is 9.59 Å². The first kappa shape index (κ1) is 22.1. The van der Waals surface area contributed by atoms with Crippen LogP contribution in [0.2, 0.25) is 0 Å². The first-order valence-electron chi connectivity index (χ1n) is 9.62. The Hall–Kier alpha value is -3.22. The van der Waals surface area contributed by atoms with Crippen LogP contribution in [0.3, 0.4) is 0 Å². The number of ether oxygens (including phenoxy) is 3. The van der Waals surface area contributed by atoms with Gasteiger partial charge in [0.05, 0.1) is 20.3 Å². The molecular weight excluding hydrogens is 372 g/mol. The zero-order valence-corrected chi connectivity index (χ0v) is 17.4. The van der Waals surface area contributed by atoms with Crippen LogP contribution in [0.25, 0.3) is 0 Å². The number of nitrogens with zero attached hydrogens (tertiary/aromatic N) is 1. The van der Waals surface area contributed by atoms with Crippen molar-refractivity contribution in [2.75, 3.05) is 37.6 Å². The standard InChI is InChI=1S/C22H28N2O5/c1-5-13-28-19-12-7-16(15-20(19)29-14-6-2)21(25)23-17-8-10-18(11-9-17)24(3)22(26)27-4/h7-12,15H,5-6,13-14H2,1-4H3,(H,23,25). The van der Waals surface area contributed by atoms with E-state index in [-0.39, 0.29) is 5.91 Å². The number of amides is 2. The molecule has 1 N–H and O–H groups in total. The number of methoxy groups -OCH3 is 1. The number of carbonyl (C=O) groups is 2. The van der Waals surface area contributed by atoms with Gasteiger partial charge in [-0.15, -0.1) is 0 Å². The number of anilines is 2. The Balaban J connectivity index is 2.12. The van der Waals surface area contributed by atoms with Crippen molar-refractivity contribution in [1.82, 2.24) is 0 Å². The predicted octanol–water partition coefficient (Wildman–Crippen LogP) is 4.72. The van der Waals surface area contributed by atoms with Gasteiger partial charge in [0.2, 0.25) is 0 Å². The number of benzene rings is 2. The fourth-order valence-corrected chi connectivity index (χ4v) is 2.52. The maximum atomic E-state index is 12.6. The molecule has 2 aromatic carbocycles. The molecule has 0 aliphatic heterocycles. The monoisotopic (exact) mass is 400 g/mol. The summed E-state index contributed by atoms with van der Waals surface area (Å²) in [4.78, 5) is 25.6. The lowest BCUT2D eigenvalue weighted by Crippen LogP contribution is -2.25. The Morgan fingerprint density at radius 2 is 1.55 bits per heavy atom. The summed E-state index contributed by atoms with van der Waals surface area (Å²) >= 11 is 0. The van der Waals surface area contributed by atoms with Crippen LogP contribution in [0.5, 0.6) is 11.5 Å². The molecule has 0 spiro atoms. The van der Waals surface area contributed by atoms with Gasteiger partial charge in [-0.25, -0.2) is 4.79 Å². The fraction of sp³-hybridized carbons (Fsp3) is 0.364. The summed E-state index contributed by atoms with van der Waals surface area (Å²) in [5.41, 5.74) is 1.73. The molecule has 2 rings (SSSR count). The molecule has 0 radical (unpaired) electrons. The highest BCUT2D eigenvalue weighted by Gasteiger charge is 2.13. The number of nitrogens with one attached hydrogen (secondary N) is 1. The lowest BCUT2D eigenvalue weighted by molar-refractivity contribution is 0.102. The maximum absolute atomic E-state index is 12.6. The molecule has 0 aliphatic rings. The van der Waals surface area contributed by atoms with Crippen LogP contribution in [0.4, 0.5) is 16.2 Å². The van der Waals surface area contributed by atoms with Crippen LogP contribution in [0.15, 0.2) is 42.5 Å². The molecule has 0 aliphatic carbocycles. The first-order chi connectivity index (χ1) is 14.0. The molecule has 2 aromatic rings. The smallest absolute Gasteiger partial charge is 0.413 e. The number of hydrogen-bond acceptors (Lipinski definition) is 5. The predicted molar refractivity (Wildman–Crippen MR) is 113 cm³/mol. The summed E-state index contributed by atoms with van der Waals surface area (Å²) in [5.74, 6) is 0.928. The van der Waals surface area contributed by atoms with E-state index in [0.29, 0.717) is 41.7 Å². The molecule has 0 heterocycles. The van der Waals surface area contributed by atoms with Crippen LogP contribution >= 0.6 is 0 Å². The van der Waals surface area contributed by atoms with Crippen molar-refractivity contribution >= 4 is 23.4 Å². The molecule has 7 nitrogen and oxygen atoms in total. The molecule has 29 heavy (non-hydrogen) atoms. The van der Waals surface area contributed by atoms with Crippen molar-refractivity contribution < 1.29 is 23.8 Å². The maximum Gasteiger partial charge on any atom is 0.413 e. The highest BCUT2D eigenvalue weighted by atomic mass is 16.5. The molecule has 0 fully saturated rings. The first-order valence-corrected chi connectivity index (χ1v) is 9.62. The van der Waals surface area contributed by atoms with Crippen LogP contribution in [-0.2, 0) is 4.74 Å². The molecule has 156 valence electrons. The third-order valence-electron chi connectivity index (χ3n) is 4.09. The minimum Gasteiger partial charge on any atom is -0.490 e. The Kier molecular flexibility index (Phi) is 8.33.